The summed E-state index contributed by atoms with van der Waals surface area (Å²) >= 11 is 0. The molecule has 1 aromatic rings. The second-order valence-corrected chi connectivity index (χ2v) is 6.92. The highest BCUT2D eigenvalue weighted by atomic mass is 35.5. The van der Waals surface area contributed by atoms with Gasteiger partial charge in [-0.3, -0.25) is 4.79 Å². The van der Waals surface area contributed by atoms with Crippen molar-refractivity contribution in [3.63, 3.8) is 0 Å². The van der Waals surface area contributed by atoms with Crippen LogP contribution in [0, 0.1) is 6.92 Å². The number of aromatic nitrogens is 2. The molecule has 0 radical (unpaired) electrons. The Kier molecular flexibility index (Phi) is 10.4. The van der Waals surface area contributed by atoms with Crippen molar-refractivity contribution in [3.8, 4) is 0 Å². The number of likely N-dealkylation sites (tertiary alicyclic amines) is 1. The highest BCUT2D eigenvalue weighted by molar-refractivity contribution is 5.85. The van der Waals surface area contributed by atoms with Crippen molar-refractivity contribution < 1.29 is 14.6 Å². The van der Waals surface area contributed by atoms with E-state index in [1.807, 2.05) is 11.8 Å². The van der Waals surface area contributed by atoms with Gasteiger partial charge >= 0.3 is 0 Å². The zero-order valence-corrected chi connectivity index (χ0v) is 18.1. The molecule has 28 heavy (non-hydrogen) atoms. The third kappa shape index (κ3) is 5.90. The Morgan fingerprint density at radius 3 is 2.46 bits per heavy atom. The summed E-state index contributed by atoms with van der Waals surface area (Å²) in [6.45, 7) is 6.32. The fourth-order valence-corrected chi connectivity index (χ4v) is 3.65. The average molecular weight is 436 g/mol. The standard InChI is InChI=1S/C18H29N5O3.2ClH/c1-13-20-15(11-17(21-13)22-7-9-26-10-8-22)14-3-5-23(6-4-14)18(25)16(12-24)19-2;;/h11,14,16,19,24H,3-10,12H2,1-2H3;2*1H/t16-;;/m0../s1. The Bertz CT molecular complexity index is 619. The summed E-state index contributed by atoms with van der Waals surface area (Å²) in [6.07, 6.45) is 1.76. The second-order valence-electron chi connectivity index (χ2n) is 6.92. The number of aryl methyl sites for hydroxylation is 1. The molecule has 0 saturated carbocycles. The van der Waals surface area contributed by atoms with Gasteiger partial charge in [0.1, 0.15) is 17.7 Å². The summed E-state index contributed by atoms with van der Waals surface area (Å²) in [4.78, 5) is 25.7. The van der Waals surface area contributed by atoms with Gasteiger partial charge in [0.2, 0.25) is 5.91 Å². The number of nitrogens with one attached hydrogen (secondary N) is 1. The lowest BCUT2D eigenvalue weighted by Gasteiger charge is -2.34. The first-order chi connectivity index (χ1) is 12.6. The molecule has 0 bridgehead atoms. The number of halogens is 2. The molecule has 2 aliphatic heterocycles. The molecular formula is C18H31Cl2N5O3. The van der Waals surface area contributed by atoms with Crippen LogP contribution in [0.4, 0.5) is 5.82 Å². The average Bonchev–Trinajstić information content (AvgIpc) is 2.69. The van der Waals surface area contributed by atoms with Crippen LogP contribution in [0.5, 0.6) is 0 Å². The number of nitrogens with zero attached hydrogens (tertiary/aromatic N) is 4. The number of hydrogen-bond donors (Lipinski definition) is 2. The Morgan fingerprint density at radius 2 is 1.89 bits per heavy atom. The molecule has 0 aromatic carbocycles. The number of amides is 1. The molecule has 0 spiro atoms. The van der Waals surface area contributed by atoms with E-state index in [9.17, 15) is 9.90 Å². The molecule has 2 N–H and O–H groups in total. The topological polar surface area (TPSA) is 90.8 Å². The molecule has 2 saturated heterocycles. The van der Waals surface area contributed by atoms with Crippen molar-refractivity contribution in [2.75, 3.05) is 57.9 Å². The van der Waals surface area contributed by atoms with Gasteiger partial charge in [0, 0.05) is 43.9 Å². The normalized spacial score (nSPS) is 18.8. The first-order valence-electron chi connectivity index (χ1n) is 9.37. The molecule has 10 heteroatoms. The van der Waals surface area contributed by atoms with E-state index in [2.05, 4.69) is 26.3 Å². The van der Waals surface area contributed by atoms with Gasteiger partial charge in [-0.05, 0) is 26.8 Å². The molecule has 2 fully saturated rings. The van der Waals surface area contributed by atoms with E-state index in [4.69, 9.17) is 4.74 Å². The predicted molar refractivity (Wildman–Crippen MR) is 113 cm³/mol. The smallest absolute Gasteiger partial charge is 0.242 e. The zero-order chi connectivity index (χ0) is 18.5. The predicted octanol–water partition coefficient (Wildman–Crippen LogP) is 0.752. The van der Waals surface area contributed by atoms with Crippen LogP contribution >= 0.6 is 24.8 Å². The fraction of sp³-hybridized carbons (Fsp3) is 0.722. The van der Waals surface area contributed by atoms with Gasteiger partial charge in [-0.25, -0.2) is 9.97 Å². The quantitative estimate of drug-likeness (QED) is 0.704. The number of carbonyl (C=O) groups is 1. The third-order valence-corrected chi connectivity index (χ3v) is 5.23. The van der Waals surface area contributed by atoms with Crippen molar-refractivity contribution >= 4 is 36.5 Å². The third-order valence-electron chi connectivity index (χ3n) is 5.23. The van der Waals surface area contributed by atoms with Gasteiger partial charge in [0.05, 0.1) is 19.8 Å². The van der Waals surface area contributed by atoms with Gasteiger partial charge in [-0.2, -0.15) is 0 Å². The zero-order valence-electron chi connectivity index (χ0n) is 16.5. The van der Waals surface area contributed by atoms with Gasteiger partial charge in [0.25, 0.3) is 0 Å². The summed E-state index contributed by atoms with van der Waals surface area (Å²) in [5.41, 5.74) is 1.07. The van der Waals surface area contributed by atoms with Crippen molar-refractivity contribution in [3.05, 3.63) is 17.6 Å². The molecule has 3 heterocycles. The number of carbonyl (C=O) groups excluding carboxylic acids is 1. The molecule has 0 aliphatic carbocycles. The van der Waals surface area contributed by atoms with Crippen molar-refractivity contribution in [2.45, 2.75) is 31.7 Å². The lowest BCUT2D eigenvalue weighted by molar-refractivity contribution is -0.135. The fourth-order valence-electron chi connectivity index (χ4n) is 3.65. The van der Waals surface area contributed by atoms with E-state index in [0.717, 1.165) is 56.5 Å². The molecule has 160 valence electrons. The number of aliphatic hydroxyl groups is 1. The number of aliphatic hydroxyl groups excluding tert-OH is 1. The highest BCUT2D eigenvalue weighted by Crippen LogP contribution is 2.29. The van der Waals surface area contributed by atoms with E-state index >= 15 is 0 Å². The molecule has 1 amide bonds. The Hall–Kier alpha value is -1.19. The Balaban J connectivity index is 0.00000196. The van der Waals surface area contributed by atoms with Gasteiger partial charge in [0.15, 0.2) is 0 Å². The van der Waals surface area contributed by atoms with E-state index in [1.54, 1.807) is 7.05 Å². The molecule has 1 aromatic heterocycles. The van der Waals surface area contributed by atoms with Crippen molar-refractivity contribution in [2.24, 2.45) is 0 Å². The molecule has 3 rings (SSSR count). The van der Waals surface area contributed by atoms with Crippen molar-refractivity contribution in [1.82, 2.24) is 20.2 Å². The van der Waals surface area contributed by atoms with Crippen molar-refractivity contribution in [1.29, 1.82) is 0 Å². The largest absolute Gasteiger partial charge is 0.394 e. The number of hydrogen-bond acceptors (Lipinski definition) is 7. The minimum absolute atomic E-state index is 0. The number of anilines is 1. The molecule has 8 nitrogen and oxygen atoms in total. The summed E-state index contributed by atoms with van der Waals surface area (Å²) < 4.78 is 5.42. The van der Waals surface area contributed by atoms with E-state index in [0.29, 0.717) is 19.0 Å². The van der Waals surface area contributed by atoms with E-state index in [1.165, 1.54) is 0 Å². The number of piperidine rings is 1. The first kappa shape index (κ1) is 24.8. The Morgan fingerprint density at radius 1 is 1.25 bits per heavy atom. The minimum Gasteiger partial charge on any atom is -0.394 e. The molecule has 1 atom stereocenters. The summed E-state index contributed by atoms with van der Waals surface area (Å²) in [5, 5.41) is 12.2. The van der Waals surface area contributed by atoms with Gasteiger partial charge < -0.3 is 25.0 Å². The minimum atomic E-state index is -0.513. The summed E-state index contributed by atoms with van der Waals surface area (Å²) in [7, 11) is 1.70. The van der Waals surface area contributed by atoms with Crippen LogP contribution in [-0.4, -0.2) is 85.0 Å². The maximum atomic E-state index is 12.4. The van der Waals surface area contributed by atoms with E-state index in [-0.39, 0.29) is 37.3 Å². The maximum Gasteiger partial charge on any atom is 0.242 e. The highest BCUT2D eigenvalue weighted by Gasteiger charge is 2.29. The number of ether oxygens (including phenoxy) is 1. The van der Waals surface area contributed by atoms with Crippen LogP contribution in [-0.2, 0) is 9.53 Å². The van der Waals surface area contributed by atoms with Crippen LogP contribution < -0.4 is 10.2 Å². The van der Waals surface area contributed by atoms with Crippen LogP contribution in [0.15, 0.2) is 6.07 Å². The second kappa shape index (κ2) is 11.7. The molecule has 0 unspecified atom stereocenters. The van der Waals surface area contributed by atoms with Crippen LogP contribution in [0.3, 0.4) is 0 Å². The number of rotatable bonds is 5. The SMILES string of the molecule is CN[C@@H](CO)C(=O)N1CCC(c2cc(N3CCOCC3)nc(C)n2)CC1.Cl.Cl. The molecular weight excluding hydrogens is 405 g/mol. The summed E-state index contributed by atoms with van der Waals surface area (Å²) in [6, 6.07) is 1.59. The van der Waals surface area contributed by atoms with Crippen LogP contribution in [0.1, 0.15) is 30.3 Å². The van der Waals surface area contributed by atoms with Crippen LogP contribution in [0.2, 0.25) is 0 Å². The molecule has 2 aliphatic rings. The Labute approximate surface area is 178 Å². The summed E-state index contributed by atoms with van der Waals surface area (Å²) in [5.74, 6) is 2.08. The van der Waals surface area contributed by atoms with Gasteiger partial charge in [-0.1, -0.05) is 0 Å². The maximum absolute atomic E-state index is 12.4. The lowest BCUT2D eigenvalue weighted by atomic mass is 9.92. The first-order valence-corrected chi connectivity index (χ1v) is 9.37. The monoisotopic (exact) mass is 435 g/mol. The van der Waals surface area contributed by atoms with Crippen LogP contribution in [0.25, 0.3) is 0 Å². The number of morpholine rings is 1. The lowest BCUT2D eigenvalue weighted by Crippen LogP contribution is -2.49. The number of likely N-dealkylation sites (N-methyl/N-ethyl adjacent to an activating group) is 1. The van der Waals surface area contributed by atoms with E-state index < -0.39 is 6.04 Å². The van der Waals surface area contributed by atoms with Gasteiger partial charge in [-0.15, -0.1) is 24.8 Å².